The van der Waals surface area contributed by atoms with Gasteiger partial charge in [-0.05, 0) is 24.1 Å². The minimum Gasteiger partial charge on any atom is -0.298 e. The van der Waals surface area contributed by atoms with Crippen molar-refractivity contribution in [3.8, 4) is 0 Å². The molecule has 0 aromatic heterocycles. The van der Waals surface area contributed by atoms with Crippen molar-refractivity contribution in [2.24, 2.45) is 0 Å². The van der Waals surface area contributed by atoms with Gasteiger partial charge < -0.3 is 0 Å². The molecule has 0 saturated carbocycles. The Bertz CT molecular complexity index is 485. The second-order valence-corrected chi connectivity index (χ2v) is 7.54. The van der Waals surface area contributed by atoms with Crippen molar-refractivity contribution in [1.82, 2.24) is 0 Å². The van der Waals surface area contributed by atoms with Gasteiger partial charge in [-0.3, -0.25) is 4.79 Å². The molecule has 0 radical (unpaired) electrons. The summed E-state index contributed by atoms with van der Waals surface area (Å²) in [6.45, 7) is 2.07. The van der Waals surface area contributed by atoms with Crippen molar-refractivity contribution in [3.05, 3.63) is 35.4 Å². The predicted octanol–water partition coefficient (Wildman–Crippen LogP) is 4.44. The molecule has 0 spiro atoms. The zero-order valence-electron chi connectivity index (χ0n) is 11.7. The lowest BCUT2D eigenvalue weighted by molar-refractivity contribution is -0.137. The van der Waals surface area contributed by atoms with E-state index in [9.17, 15) is 18.0 Å². The number of alkyl halides is 3. The number of hydrogen-bond acceptors (Lipinski definition) is 3. The molecular weight excluding hydrogens is 317 g/mol. The van der Waals surface area contributed by atoms with E-state index in [-0.39, 0.29) is 17.5 Å². The predicted molar refractivity (Wildman–Crippen MR) is 82.9 cm³/mol. The Morgan fingerprint density at radius 3 is 2.38 bits per heavy atom. The second-order valence-electron chi connectivity index (χ2n) is 4.95. The minimum absolute atomic E-state index is 0.0314. The van der Waals surface area contributed by atoms with E-state index in [4.69, 9.17) is 0 Å². The molecule has 1 aromatic carbocycles. The van der Waals surface area contributed by atoms with Gasteiger partial charge in [-0.25, -0.2) is 0 Å². The van der Waals surface area contributed by atoms with Gasteiger partial charge >= 0.3 is 6.18 Å². The van der Waals surface area contributed by atoms with Gasteiger partial charge in [-0.2, -0.15) is 24.9 Å². The van der Waals surface area contributed by atoms with Crippen LogP contribution in [0.5, 0.6) is 0 Å². The smallest absolute Gasteiger partial charge is 0.298 e. The van der Waals surface area contributed by atoms with E-state index in [1.807, 2.05) is 11.8 Å². The first kappa shape index (κ1) is 16.7. The average Bonchev–Trinajstić information content (AvgIpc) is 2.46. The van der Waals surface area contributed by atoms with E-state index in [1.54, 1.807) is 11.8 Å². The summed E-state index contributed by atoms with van der Waals surface area (Å²) >= 11 is 3.51. The molecule has 0 amide bonds. The molecule has 1 saturated heterocycles. The quantitative estimate of drug-likeness (QED) is 0.810. The van der Waals surface area contributed by atoms with Crippen LogP contribution in [0.15, 0.2) is 24.3 Å². The van der Waals surface area contributed by atoms with Crippen LogP contribution in [0.4, 0.5) is 13.2 Å². The molecule has 1 aromatic rings. The summed E-state index contributed by atoms with van der Waals surface area (Å²) in [6, 6.07) is 4.90. The Hall–Kier alpha value is -0.620. The number of ketones is 1. The molecule has 1 nitrogen and oxygen atoms in total. The third kappa shape index (κ3) is 4.42. The lowest BCUT2D eigenvalue weighted by Gasteiger charge is -2.28. The number of benzene rings is 1. The number of rotatable bonds is 4. The lowest BCUT2D eigenvalue weighted by atomic mass is 10.0. The molecule has 1 aliphatic rings. The fourth-order valence-corrected chi connectivity index (χ4v) is 5.35. The maximum atomic E-state index is 12.5. The zero-order chi connectivity index (χ0) is 15.5. The number of Topliss-reactive ketones (excluding diaryl/α,β-unsaturated/α-hetero) is 1. The molecular formula is C15H17F3OS2. The third-order valence-electron chi connectivity index (χ3n) is 3.43. The Balaban J connectivity index is 2.02. The van der Waals surface area contributed by atoms with Gasteiger partial charge in [-0.1, -0.05) is 19.1 Å². The van der Waals surface area contributed by atoms with Crippen LogP contribution in [-0.2, 0) is 17.4 Å². The van der Waals surface area contributed by atoms with Crippen LogP contribution in [0.3, 0.4) is 0 Å². The molecule has 21 heavy (non-hydrogen) atoms. The zero-order valence-corrected chi connectivity index (χ0v) is 13.3. The van der Waals surface area contributed by atoms with Crippen LogP contribution in [0.1, 0.15) is 24.5 Å². The van der Waals surface area contributed by atoms with Gasteiger partial charge in [0.1, 0.15) is 0 Å². The van der Waals surface area contributed by atoms with Crippen molar-refractivity contribution in [1.29, 1.82) is 0 Å². The molecule has 0 N–H and O–H groups in total. The fourth-order valence-electron chi connectivity index (χ4n) is 2.31. The SMILES string of the molecule is CCC1SCCSC1C(=O)Cc1ccc(C(F)(F)F)cc1. The van der Waals surface area contributed by atoms with Crippen molar-refractivity contribution >= 4 is 29.3 Å². The molecule has 6 heteroatoms. The highest BCUT2D eigenvalue weighted by molar-refractivity contribution is 8.07. The Morgan fingerprint density at radius 1 is 1.19 bits per heavy atom. The largest absolute Gasteiger partial charge is 0.416 e. The van der Waals surface area contributed by atoms with Crippen molar-refractivity contribution in [2.45, 2.75) is 36.4 Å². The molecule has 1 fully saturated rings. The maximum absolute atomic E-state index is 12.5. The van der Waals surface area contributed by atoms with E-state index < -0.39 is 11.7 Å². The van der Waals surface area contributed by atoms with Crippen molar-refractivity contribution < 1.29 is 18.0 Å². The minimum atomic E-state index is -4.33. The number of carbonyl (C=O) groups excluding carboxylic acids is 1. The third-order valence-corrected chi connectivity index (χ3v) is 6.72. The van der Waals surface area contributed by atoms with E-state index in [2.05, 4.69) is 6.92 Å². The summed E-state index contributed by atoms with van der Waals surface area (Å²) in [4.78, 5) is 12.4. The summed E-state index contributed by atoms with van der Waals surface area (Å²) in [7, 11) is 0. The molecule has 0 bridgehead atoms. The van der Waals surface area contributed by atoms with Gasteiger partial charge in [0.05, 0.1) is 10.8 Å². The molecule has 1 heterocycles. The van der Waals surface area contributed by atoms with Crippen LogP contribution in [0.2, 0.25) is 0 Å². The van der Waals surface area contributed by atoms with Crippen LogP contribution >= 0.6 is 23.5 Å². The number of thioether (sulfide) groups is 2. The molecule has 2 unspecified atom stereocenters. The van der Waals surface area contributed by atoms with E-state index in [1.165, 1.54) is 12.1 Å². The van der Waals surface area contributed by atoms with E-state index in [0.717, 1.165) is 30.1 Å². The van der Waals surface area contributed by atoms with E-state index in [0.29, 0.717) is 10.8 Å². The van der Waals surface area contributed by atoms with Crippen molar-refractivity contribution in [2.75, 3.05) is 11.5 Å². The maximum Gasteiger partial charge on any atom is 0.416 e. The van der Waals surface area contributed by atoms with Gasteiger partial charge in [0.15, 0.2) is 5.78 Å². The average molecular weight is 334 g/mol. The topological polar surface area (TPSA) is 17.1 Å². The molecule has 2 atom stereocenters. The summed E-state index contributed by atoms with van der Waals surface area (Å²) < 4.78 is 37.5. The van der Waals surface area contributed by atoms with Gasteiger partial charge in [-0.15, -0.1) is 11.8 Å². The van der Waals surface area contributed by atoms with Gasteiger partial charge in [0, 0.05) is 23.2 Å². The number of hydrogen-bond donors (Lipinski definition) is 0. The first-order valence-corrected chi connectivity index (χ1v) is 8.93. The summed E-state index contributed by atoms with van der Waals surface area (Å²) in [6.07, 6.45) is -3.17. The first-order chi connectivity index (χ1) is 9.91. The van der Waals surface area contributed by atoms with E-state index >= 15 is 0 Å². The lowest BCUT2D eigenvalue weighted by Crippen LogP contribution is -2.33. The highest BCUT2D eigenvalue weighted by Gasteiger charge is 2.32. The van der Waals surface area contributed by atoms with Crippen LogP contribution in [0, 0.1) is 0 Å². The fraction of sp³-hybridized carbons (Fsp3) is 0.533. The first-order valence-electron chi connectivity index (χ1n) is 6.84. The summed E-state index contributed by atoms with van der Waals surface area (Å²) in [5.74, 6) is 2.15. The summed E-state index contributed by atoms with van der Waals surface area (Å²) in [5.41, 5.74) is -0.0215. The Labute approximate surface area is 131 Å². The van der Waals surface area contributed by atoms with Crippen LogP contribution in [-0.4, -0.2) is 27.8 Å². The number of carbonyl (C=O) groups is 1. The van der Waals surface area contributed by atoms with Gasteiger partial charge in [0.25, 0.3) is 0 Å². The highest BCUT2D eigenvalue weighted by atomic mass is 32.2. The monoisotopic (exact) mass is 334 g/mol. The van der Waals surface area contributed by atoms with Gasteiger partial charge in [0.2, 0.25) is 0 Å². The molecule has 2 rings (SSSR count). The molecule has 116 valence electrons. The van der Waals surface area contributed by atoms with Crippen molar-refractivity contribution in [3.63, 3.8) is 0 Å². The molecule has 0 aliphatic carbocycles. The number of halogens is 3. The Morgan fingerprint density at radius 2 is 1.81 bits per heavy atom. The highest BCUT2D eigenvalue weighted by Crippen LogP contribution is 2.34. The Kier molecular flexibility index (Phi) is 5.66. The second kappa shape index (κ2) is 7.09. The standard InChI is InChI=1S/C15H17F3OS2/c1-2-13-14(21-8-7-20-13)12(19)9-10-3-5-11(6-4-10)15(16,17)18/h3-6,13-14H,2,7-9H2,1H3. The molecule has 1 aliphatic heterocycles. The summed E-state index contributed by atoms with van der Waals surface area (Å²) in [5, 5.41) is 0.293. The van der Waals surface area contributed by atoms with Crippen LogP contribution < -0.4 is 0 Å². The van der Waals surface area contributed by atoms with Crippen LogP contribution in [0.25, 0.3) is 0 Å². The normalized spacial score (nSPS) is 23.0.